The van der Waals surface area contributed by atoms with Crippen LogP contribution in [-0.2, 0) is 4.79 Å². The van der Waals surface area contributed by atoms with Crippen LogP contribution >= 0.6 is 11.6 Å². The zero-order chi connectivity index (χ0) is 17.8. The van der Waals surface area contributed by atoms with Crippen molar-refractivity contribution in [1.29, 1.82) is 0 Å². The second-order valence-corrected chi connectivity index (χ2v) is 7.32. The van der Waals surface area contributed by atoms with E-state index in [2.05, 4.69) is 0 Å². The maximum atomic E-state index is 12.9. The van der Waals surface area contributed by atoms with Gasteiger partial charge in [-0.1, -0.05) is 44.5 Å². The number of imide groups is 1. The van der Waals surface area contributed by atoms with Crippen molar-refractivity contribution in [2.45, 2.75) is 26.8 Å². The van der Waals surface area contributed by atoms with Crippen LogP contribution in [0.15, 0.2) is 30.3 Å². The van der Waals surface area contributed by atoms with Crippen LogP contribution in [0.25, 0.3) is 10.8 Å². The second kappa shape index (κ2) is 5.31. The molecule has 0 saturated carbocycles. The second-order valence-electron chi connectivity index (χ2n) is 6.91. The highest BCUT2D eigenvalue weighted by Crippen LogP contribution is 2.37. The van der Waals surface area contributed by atoms with E-state index in [0.29, 0.717) is 26.9 Å². The fourth-order valence-corrected chi connectivity index (χ4v) is 3.40. The van der Waals surface area contributed by atoms with Crippen molar-refractivity contribution >= 4 is 40.2 Å². The first kappa shape index (κ1) is 16.5. The van der Waals surface area contributed by atoms with Crippen molar-refractivity contribution in [2.75, 3.05) is 0 Å². The number of carboxylic acid groups (broad SMARTS) is 1. The third-order valence-electron chi connectivity index (χ3n) is 4.20. The Kier molecular flexibility index (Phi) is 3.64. The van der Waals surface area contributed by atoms with Gasteiger partial charge in [0.2, 0.25) is 0 Å². The number of amides is 2. The highest BCUT2D eigenvalue weighted by atomic mass is 35.5. The molecule has 3 rings (SSSR count). The van der Waals surface area contributed by atoms with Gasteiger partial charge in [-0.25, -0.2) is 4.79 Å². The molecule has 24 heavy (non-hydrogen) atoms. The van der Waals surface area contributed by atoms with E-state index in [0.717, 1.165) is 4.90 Å². The predicted molar refractivity (Wildman–Crippen MR) is 90.3 cm³/mol. The fraction of sp³-hybridized carbons (Fsp3) is 0.278. The van der Waals surface area contributed by atoms with Gasteiger partial charge in [-0.2, -0.15) is 0 Å². The van der Waals surface area contributed by atoms with E-state index in [9.17, 15) is 19.5 Å². The van der Waals surface area contributed by atoms with E-state index >= 15 is 0 Å². The summed E-state index contributed by atoms with van der Waals surface area (Å²) in [6.07, 6.45) is 0. The lowest BCUT2D eigenvalue weighted by atomic mass is 9.83. The summed E-state index contributed by atoms with van der Waals surface area (Å²) in [4.78, 5) is 38.5. The first-order chi connectivity index (χ1) is 11.1. The van der Waals surface area contributed by atoms with Crippen molar-refractivity contribution < 1.29 is 19.5 Å². The van der Waals surface area contributed by atoms with Gasteiger partial charge < -0.3 is 5.11 Å². The molecule has 2 aromatic carbocycles. The number of hydrogen-bond donors (Lipinski definition) is 1. The normalized spacial score (nSPS) is 15.8. The maximum Gasteiger partial charge on any atom is 0.327 e. The average Bonchev–Trinajstić information content (AvgIpc) is 2.48. The van der Waals surface area contributed by atoms with E-state index in [1.54, 1.807) is 45.0 Å². The Morgan fingerprint density at radius 3 is 2.21 bits per heavy atom. The number of benzene rings is 2. The Balaban J connectivity index is 2.29. The molecular weight excluding hydrogens is 330 g/mol. The SMILES string of the molecule is CC(C)(C)[C@@H](C(=O)O)N1C(=O)c2cccc3c(Cl)ccc(c23)C1=O. The first-order valence-corrected chi connectivity index (χ1v) is 7.84. The molecule has 0 unspecified atom stereocenters. The first-order valence-electron chi connectivity index (χ1n) is 7.46. The Hall–Kier alpha value is -2.40. The Morgan fingerprint density at radius 2 is 1.67 bits per heavy atom. The number of hydrogen-bond acceptors (Lipinski definition) is 3. The van der Waals surface area contributed by atoms with Gasteiger partial charge in [0, 0.05) is 26.9 Å². The summed E-state index contributed by atoms with van der Waals surface area (Å²) in [5.74, 6) is -2.43. The van der Waals surface area contributed by atoms with Crippen LogP contribution < -0.4 is 0 Å². The van der Waals surface area contributed by atoms with Crippen molar-refractivity contribution in [3.8, 4) is 0 Å². The molecule has 0 saturated heterocycles. The summed E-state index contributed by atoms with van der Waals surface area (Å²) < 4.78 is 0. The molecule has 6 heteroatoms. The lowest BCUT2D eigenvalue weighted by Gasteiger charge is -2.38. The molecule has 0 fully saturated rings. The molecule has 5 nitrogen and oxygen atoms in total. The van der Waals surface area contributed by atoms with E-state index in [1.165, 1.54) is 6.07 Å². The number of nitrogens with zero attached hydrogens (tertiary/aromatic N) is 1. The molecular formula is C18H16ClNO4. The summed E-state index contributed by atoms with van der Waals surface area (Å²) in [5.41, 5.74) is -0.227. The van der Waals surface area contributed by atoms with Crippen LogP contribution in [0.2, 0.25) is 5.02 Å². The molecule has 1 aliphatic rings. The molecule has 2 amide bonds. The minimum absolute atomic E-state index is 0.292. The Bertz CT molecular complexity index is 876. The molecule has 0 aromatic heterocycles. The van der Waals surface area contributed by atoms with E-state index in [1.807, 2.05) is 0 Å². The summed E-state index contributed by atoms with van der Waals surface area (Å²) in [6, 6.07) is 6.85. The minimum Gasteiger partial charge on any atom is -0.480 e. The Morgan fingerprint density at radius 1 is 1.08 bits per heavy atom. The van der Waals surface area contributed by atoms with E-state index in [-0.39, 0.29) is 0 Å². The summed E-state index contributed by atoms with van der Waals surface area (Å²) in [7, 11) is 0. The quantitative estimate of drug-likeness (QED) is 0.844. The zero-order valence-electron chi connectivity index (χ0n) is 13.5. The lowest BCUT2D eigenvalue weighted by Crippen LogP contribution is -2.56. The van der Waals surface area contributed by atoms with Gasteiger partial charge in [0.15, 0.2) is 0 Å². The van der Waals surface area contributed by atoms with Crippen molar-refractivity contribution in [2.24, 2.45) is 5.41 Å². The fourth-order valence-electron chi connectivity index (χ4n) is 3.18. The number of halogens is 1. The number of rotatable bonds is 2. The topological polar surface area (TPSA) is 74.7 Å². The van der Waals surface area contributed by atoms with Gasteiger partial charge in [-0.05, 0) is 23.6 Å². The van der Waals surface area contributed by atoms with Gasteiger partial charge in [-0.15, -0.1) is 0 Å². The van der Waals surface area contributed by atoms with Gasteiger partial charge in [0.1, 0.15) is 6.04 Å². The number of carbonyl (C=O) groups is 3. The molecule has 0 aliphatic carbocycles. The van der Waals surface area contributed by atoms with Gasteiger partial charge in [0.05, 0.1) is 0 Å². The standard InChI is InChI=1S/C18H16ClNO4/c1-18(2,3)14(17(23)24)20-15(21)10-6-4-5-9-12(19)8-7-11(13(9)10)16(20)22/h4-8,14H,1-3H3,(H,23,24)/t14-/m1/s1. The monoisotopic (exact) mass is 345 g/mol. The molecule has 1 heterocycles. The summed E-state index contributed by atoms with van der Waals surface area (Å²) in [5, 5.41) is 11.1. The van der Waals surface area contributed by atoms with Crippen LogP contribution in [-0.4, -0.2) is 33.8 Å². The number of carbonyl (C=O) groups excluding carboxylic acids is 2. The molecule has 0 radical (unpaired) electrons. The summed E-state index contributed by atoms with van der Waals surface area (Å²) >= 11 is 6.17. The van der Waals surface area contributed by atoms with Gasteiger partial charge in [-0.3, -0.25) is 14.5 Å². The molecule has 1 atom stereocenters. The molecule has 1 aliphatic heterocycles. The van der Waals surface area contributed by atoms with Crippen LogP contribution in [0.5, 0.6) is 0 Å². The zero-order valence-corrected chi connectivity index (χ0v) is 14.2. The molecule has 0 spiro atoms. The maximum absolute atomic E-state index is 12.9. The van der Waals surface area contributed by atoms with Crippen molar-refractivity contribution in [3.63, 3.8) is 0 Å². The van der Waals surface area contributed by atoms with Crippen LogP contribution in [0.1, 0.15) is 41.5 Å². The van der Waals surface area contributed by atoms with E-state index < -0.39 is 29.2 Å². The van der Waals surface area contributed by atoms with Crippen molar-refractivity contribution in [1.82, 2.24) is 4.90 Å². The Labute approximate surface area is 143 Å². The van der Waals surface area contributed by atoms with Crippen LogP contribution in [0.3, 0.4) is 0 Å². The molecule has 124 valence electrons. The molecule has 0 bridgehead atoms. The molecule has 2 aromatic rings. The predicted octanol–water partition coefficient (Wildman–Crippen LogP) is 3.59. The highest BCUT2D eigenvalue weighted by Gasteiger charge is 2.46. The van der Waals surface area contributed by atoms with E-state index in [4.69, 9.17) is 11.6 Å². The largest absolute Gasteiger partial charge is 0.480 e. The smallest absolute Gasteiger partial charge is 0.327 e. The number of aliphatic carboxylic acids is 1. The van der Waals surface area contributed by atoms with Crippen LogP contribution in [0, 0.1) is 5.41 Å². The summed E-state index contributed by atoms with van der Waals surface area (Å²) in [6.45, 7) is 5.05. The van der Waals surface area contributed by atoms with Crippen molar-refractivity contribution in [3.05, 3.63) is 46.5 Å². The number of carboxylic acids is 1. The minimum atomic E-state index is -1.27. The highest BCUT2D eigenvalue weighted by molar-refractivity contribution is 6.38. The third-order valence-corrected chi connectivity index (χ3v) is 4.53. The third kappa shape index (κ3) is 2.27. The lowest BCUT2D eigenvalue weighted by molar-refractivity contribution is -0.145. The molecule has 1 N–H and O–H groups in total. The van der Waals surface area contributed by atoms with Crippen LogP contribution in [0.4, 0.5) is 0 Å². The average molecular weight is 346 g/mol. The van der Waals surface area contributed by atoms with Gasteiger partial charge >= 0.3 is 5.97 Å². The van der Waals surface area contributed by atoms with Gasteiger partial charge in [0.25, 0.3) is 11.8 Å².